The maximum absolute atomic E-state index is 12.1. The summed E-state index contributed by atoms with van der Waals surface area (Å²) in [7, 11) is 1.62. The average molecular weight is 401 g/mol. The summed E-state index contributed by atoms with van der Waals surface area (Å²) in [6.45, 7) is 1.87. The van der Waals surface area contributed by atoms with E-state index in [0.29, 0.717) is 20.7 Å². The molecule has 0 saturated heterocycles. The number of carbonyl (C=O) groups is 1. The lowest BCUT2D eigenvalue weighted by Gasteiger charge is -2.03. The Morgan fingerprint density at radius 2 is 1.96 bits per heavy atom. The van der Waals surface area contributed by atoms with E-state index in [0.717, 1.165) is 17.0 Å². The zero-order chi connectivity index (χ0) is 19.2. The Hall–Kier alpha value is -2.90. The lowest BCUT2D eigenvalue weighted by atomic mass is 10.1. The molecule has 3 rings (SSSR count). The number of nitrogens with zero attached hydrogens (tertiary/aromatic N) is 2. The molecule has 0 aliphatic carbocycles. The number of nitrogens with one attached hydrogen (secondary N) is 2. The molecule has 0 fully saturated rings. The Labute approximate surface area is 165 Å². The Morgan fingerprint density at radius 1 is 1.22 bits per heavy atom. The van der Waals surface area contributed by atoms with Gasteiger partial charge in [-0.3, -0.25) is 4.79 Å². The van der Waals surface area contributed by atoms with Crippen molar-refractivity contribution in [3.05, 3.63) is 69.7 Å². The van der Waals surface area contributed by atoms with Crippen molar-refractivity contribution >= 4 is 45.9 Å². The molecule has 0 aliphatic rings. The predicted octanol–water partition coefficient (Wildman–Crippen LogP) is 4.62. The Bertz CT molecular complexity index is 970. The van der Waals surface area contributed by atoms with Crippen LogP contribution >= 0.6 is 22.9 Å². The first-order valence-electron chi connectivity index (χ1n) is 8.03. The predicted molar refractivity (Wildman–Crippen MR) is 110 cm³/mol. The Kier molecular flexibility index (Phi) is 6.05. The van der Waals surface area contributed by atoms with Crippen LogP contribution in [0.3, 0.4) is 0 Å². The molecular formula is C19H17ClN4O2S. The number of anilines is 2. The van der Waals surface area contributed by atoms with Crippen molar-refractivity contribution in [3.8, 4) is 5.75 Å². The highest BCUT2D eigenvalue weighted by Gasteiger charge is 2.09. The van der Waals surface area contributed by atoms with Crippen LogP contribution in [0.15, 0.2) is 53.6 Å². The van der Waals surface area contributed by atoms with E-state index in [2.05, 4.69) is 20.8 Å². The number of rotatable bonds is 6. The standard InChI is InChI=1S/C19H17ClN4O2S/c1-12-5-3-4-6-15(12)18(25)24-21-11-16-17(20)23-19(27-16)22-13-7-9-14(26-2)10-8-13/h3-11H,1-2H3,(H,22,23)(H,24,25)/b21-11+. The minimum absolute atomic E-state index is 0.276. The highest BCUT2D eigenvalue weighted by atomic mass is 35.5. The van der Waals surface area contributed by atoms with E-state index in [1.165, 1.54) is 17.6 Å². The average Bonchev–Trinajstić information content (AvgIpc) is 3.01. The van der Waals surface area contributed by atoms with Crippen LogP contribution in [0.2, 0.25) is 5.15 Å². The molecule has 0 saturated carbocycles. The van der Waals surface area contributed by atoms with Crippen LogP contribution in [0.4, 0.5) is 10.8 Å². The fourth-order valence-corrected chi connectivity index (χ4v) is 3.33. The number of benzene rings is 2. The minimum Gasteiger partial charge on any atom is -0.497 e. The highest BCUT2D eigenvalue weighted by Crippen LogP contribution is 2.28. The third-order valence-electron chi connectivity index (χ3n) is 3.69. The summed E-state index contributed by atoms with van der Waals surface area (Å²) in [5, 5.41) is 8.08. The van der Waals surface area contributed by atoms with E-state index < -0.39 is 0 Å². The monoisotopic (exact) mass is 400 g/mol. The first-order valence-corrected chi connectivity index (χ1v) is 9.22. The third-order valence-corrected chi connectivity index (χ3v) is 4.99. The molecule has 0 radical (unpaired) electrons. The van der Waals surface area contributed by atoms with Gasteiger partial charge in [0.05, 0.1) is 18.2 Å². The van der Waals surface area contributed by atoms with Gasteiger partial charge in [0.25, 0.3) is 5.91 Å². The number of aromatic nitrogens is 1. The minimum atomic E-state index is -0.276. The zero-order valence-corrected chi connectivity index (χ0v) is 16.3. The van der Waals surface area contributed by atoms with Crippen molar-refractivity contribution in [2.75, 3.05) is 12.4 Å². The van der Waals surface area contributed by atoms with Crippen LogP contribution in [0.25, 0.3) is 0 Å². The van der Waals surface area contributed by atoms with Gasteiger partial charge in [0.2, 0.25) is 0 Å². The fraction of sp³-hybridized carbons (Fsp3) is 0.105. The third kappa shape index (κ3) is 4.84. The van der Waals surface area contributed by atoms with Crippen molar-refractivity contribution in [1.29, 1.82) is 0 Å². The first kappa shape index (κ1) is 18.9. The summed E-state index contributed by atoms with van der Waals surface area (Å²) in [4.78, 5) is 17.0. The molecule has 3 aromatic rings. The molecule has 138 valence electrons. The van der Waals surface area contributed by atoms with Gasteiger partial charge >= 0.3 is 0 Å². The van der Waals surface area contributed by atoms with Gasteiger partial charge in [0.1, 0.15) is 5.75 Å². The van der Waals surface area contributed by atoms with Crippen molar-refractivity contribution in [2.45, 2.75) is 6.92 Å². The van der Waals surface area contributed by atoms with Gasteiger partial charge in [0, 0.05) is 11.3 Å². The van der Waals surface area contributed by atoms with Gasteiger partial charge < -0.3 is 10.1 Å². The topological polar surface area (TPSA) is 75.6 Å². The van der Waals surface area contributed by atoms with Crippen LogP contribution in [0.5, 0.6) is 5.75 Å². The van der Waals surface area contributed by atoms with E-state index in [1.807, 2.05) is 49.4 Å². The van der Waals surface area contributed by atoms with Gasteiger partial charge in [0.15, 0.2) is 10.3 Å². The number of carbonyl (C=O) groups excluding carboxylic acids is 1. The maximum Gasteiger partial charge on any atom is 0.271 e. The lowest BCUT2D eigenvalue weighted by molar-refractivity contribution is 0.0954. The zero-order valence-electron chi connectivity index (χ0n) is 14.7. The molecule has 0 bridgehead atoms. The maximum atomic E-state index is 12.1. The highest BCUT2D eigenvalue weighted by molar-refractivity contribution is 7.17. The molecule has 0 aliphatic heterocycles. The van der Waals surface area contributed by atoms with E-state index in [4.69, 9.17) is 16.3 Å². The number of halogens is 1. The van der Waals surface area contributed by atoms with Crippen molar-refractivity contribution in [1.82, 2.24) is 10.4 Å². The van der Waals surface area contributed by atoms with Gasteiger partial charge in [-0.1, -0.05) is 41.1 Å². The summed E-state index contributed by atoms with van der Waals surface area (Å²) in [6, 6.07) is 14.8. The number of aryl methyl sites for hydroxylation is 1. The molecule has 1 heterocycles. The van der Waals surface area contributed by atoms with Crippen molar-refractivity contribution < 1.29 is 9.53 Å². The van der Waals surface area contributed by atoms with Crippen LogP contribution in [-0.4, -0.2) is 24.2 Å². The molecule has 27 heavy (non-hydrogen) atoms. The molecule has 2 aromatic carbocycles. The van der Waals surface area contributed by atoms with Crippen LogP contribution in [-0.2, 0) is 0 Å². The molecule has 2 N–H and O–H groups in total. The summed E-state index contributed by atoms with van der Waals surface area (Å²) < 4.78 is 5.13. The second-order valence-corrected chi connectivity index (χ2v) is 6.93. The van der Waals surface area contributed by atoms with Gasteiger partial charge in [-0.05, 0) is 42.8 Å². The summed E-state index contributed by atoms with van der Waals surface area (Å²) in [5.41, 5.74) is 4.82. The molecule has 1 aromatic heterocycles. The second kappa shape index (κ2) is 8.66. The quantitative estimate of drug-likeness (QED) is 0.467. The lowest BCUT2D eigenvalue weighted by Crippen LogP contribution is -2.18. The second-order valence-electron chi connectivity index (χ2n) is 5.54. The van der Waals surface area contributed by atoms with Crippen LogP contribution in [0, 0.1) is 6.92 Å². The van der Waals surface area contributed by atoms with Crippen molar-refractivity contribution in [2.24, 2.45) is 5.10 Å². The molecule has 8 heteroatoms. The molecule has 0 atom stereocenters. The van der Waals surface area contributed by atoms with E-state index in [9.17, 15) is 4.79 Å². The number of hydrogen-bond acceptors (Lipinski definition) is 6. The smallest absolute Gasteiger partial charge is 0.271 e. The van der Waals surface area contributed by atoms with Crippen LogP contribution in [0.1, 0.15) is 20.8 Å². The SMILES string of the molecule is COc1ccc(Nc2nc(Cl)c(/C=N/NC(=O)c3ccccc3C)s2)cc1. The van der Waals surface area contributed by atoms with E-state index in [-0.39, 0.29) is 5.91 Å². The van der Waals surface area contributed by atoms with Crippen molar-refractivity contribution in [3.63, 3.8) is 0 Å². The first-order chi connectivity index (χ1) is 13.1. The molecule has 1 amide bonds. The van der Waals surface area contributed by atoms with E-state index >= 15 is 0 Å². The van der Waals surface area contributed by atoms with E-state index in [1.54, 1.807) is 13.2 Å². The number of hydrazone groups is 1. The van der Waals surface area contributed by atoms with Gasteiger partial charge in [-0.25, -0.2) is 10.4 Å². The Morgan fingerprint density at radius 3 is 2.67 bits per heavy atom. The summed E-state index contributed by atoms with van der Waals surface area (Å²) >= 11 is 7.48. The molecule has 0 unspecified atom stereocenters. The number of hydrogen-bond donors (Lipinski definition) is 2. The number of amides is 1. The van der Waals surface area contributed by atoms with Gasteiger partial charge in [-0.15, -0.1) is 0 Å². The van der Waals surface area contributed by atoms with Gasteiger partial charge in [-0.2, -0.15) is 5.10 Å². The molecule has 0 spiro atoms. The van der Waals surface area contributed by atoms with Crippen LogP contribution < -0.4 is 15.5 Å². The summed E-state index contributed by atoms with van der Waals surface area (Å²) in [6.07, 6.45) is 1.48. The normalized spacial score (nSPS) is 10.8. The largest absolute Gasteiger partial charge is 0.497 e. The fourth-order valence-electron chi connectivity index (χ4n) is 2.28. The summed E-state index contributed by atoms with van der Waals surface area (Å²) in [5.74, 6) is 0.497. The molecule has 6 nitrogen and oxygen atoms in total. The number of ether oxygens (including phenoxy) is 1. The number of thiazole rings is 1. The molecular weight excluding hydrogens is 384 g/mol. The number of methoxy groups -OCH3 is 1. The Balaban J connectivity index is 1.64.